The standard InChI is InChI=1S/C22H12F3N3/c1-14-10-21(24)19(22(25)11-14)9-4-15-2-6-17(7-3-15)27-28-18-8-5-16(13-26)20(23)12-18/h2-3,5-8,10-12H,1H3. The first-order chi connectivity index (χ1) is 13.5. The first-order valence-electron chi connectivity index (χ1n) is 8.15. The van der Waals surface area contributed by atoms with Crippen LogP contribution in [-0.4, -0.2) is 0 Å². The fourth-order valence-corrected chi connectivity index (χ4v) is 2.34. The Labute approximate surface area is 159 Å². The number of hydrogen-bond donors (Lipinski definition) is 0. The van der Waals surface area contributed by atoms with Gasteiger partial charge in [0.25, 0.3) is 0 Å². The van der Waals surface area contributed by atoms with Gasteiger partial charge in [-0.2, -0.15) is 15.5 Å². The quantitative estimate of drug-likeness (QED) is 0.394. The molecule has 0 N–H and O–H groups in total. The summed E-state index contributed by atoms with van der Waals surface area (Å²) in [6.45, 7) is 1.60. The van der Waals surface area contributed by atoms with Gasteiger partial charge in [-0.15, -0.1) is 0 Å². The van der Waals surface area contributed by atoms with Crippen molar-refractivity contribution in [1.82, 2.24) is 0 Å². The molecule has 0 radical (unpaired) electrons. The molecule has 0 aromatic heterocycles. The number of benzene rings is 3. The largest absolute Gasteiger partial charge is 0.206 e. The molecular weight excluding hydrogens is 363 g/mol. The summed E-state index contributed by atoms with van der Waals surface area (Å²) in [7, 11) is 0. The highest BCUT2D eigenvalue weighted by molar-refractivity contribution is 5.49. The van der Waals surface area contributed by atoms with Crippen molar-refractivity contribution in [3.63, 3.8) is 0 Å². The van der Waals surface area contributed by atoms with Crippen molar-refractivity contribution in [2.45, 2.75) is 6.92 Å². The normalized spacial score (nSPS) is 10.4. The van der Waals surface area contributed by atoms with Gasteiger partial charge in [0.15, 0.2) is 0 Å². The van der Waals surface area contributed by atoms with Crippen LogP contribution in [0.2, 0.25) is 0 Å². The predicted octanol–water partition coefficient (Wildman–Crippen LogP) is 6.10. The highest BCUT2D eigenvalue weighted by Crippen LogP contribution is 2.21. The van der Waals surface area contributed by atoms with Gasteiger partial charge in [-0.25, -0.2) is 13.2 Å². The molecule has 0 aliphatic carbocycles. The topological polar surface area (TPSA) is 48.5 Å². The van der Waals surface area contributed by atoms with Crippen LogP contribution in [0.4, 0.5) is 24.5 Å². The summed E-state index contributed by atoms with van der Waals surface area (Å²) in [5, 5.41) is 16.6. The Hall–Kier alpha value is -3.90. The molecule has 0 heterocycles. The minimum Gasteiger partial charge on any atom is -0.206 e. The fraction of sp³-hybridized carbons (Fsp3) is 0.0455. The monoisotopic (exact) mass is 375 g/mol. The maximum atomic E-state index is 13.8. The molecule has 3 aromatic rings. The number of halogens is 3. The summed E-state index contributed by atoms with van der Waals surface area (Å²) in [5.74, 6) is 3.12. The van der Waals surface area contributed by atoms with E-state index in [1.54, 1.807) is 37.3 Å². The van der Waals surface area contributed by atoms with E-state index in [2.05, 4.69) is 22.1 Å². The summed E-state index contributed by atoms with van der Waals surface area (Å²) in [4.78, 5) is 0. The Morgan fingerprint density at radius 1 is 0.750 bits per heavy atom. The second-order valence-corrected chi connectivity index (χ2v) is 5.88. The first-order valence-corrected chi connectivity index (χ1v) is 8.15. The van der Waals surface area contributed by atoms with Gasteiger partial charge < -0.3 is 0 Å². The van der Waals surface area contributed by atoms with Crippen LogP contribution in [0.5, 0.6) is 0 Å². The summed E-state index contributed by atoms with van der Waals surface area (Å²) >= 11 is 0. The molecule has 0 fully saturated rings. The maximum absolute atomic E-state index is 13.8. The van der Waals surface area contributed by atoms with Crippen LogP contribution in [-0.2, 0) is 0 Å². The lowest BCUT2D eigenvalue weighted by atomic mass is 10.1. The highest BCUT2D eigenvalue weighted by atomic mass is 19.1. The third-order valence-corrected chi connectivity index (χ3v) is 3.74. The van der Waals surface area contributed by atoms with Gasteiger partial charge in [-0.3, -0.25) is 0 Å². The Kier molecular flexibility index (Phi) is 5.53. The third-order valence-electron chi connectivity index (χ3n) is 3.74. The van der Waals surface area contributed by atoms with E-state index < -0.39 is 17.5 Å². The summed E-state index contributed by atoms with van der Waals surface area (Å²) < 4.78 is 41.1. The molecule has 6 heteroatoms. The fourth-order valence-electron chi connectivity index (χ4n) is 2.34. The smallest absolute Gasteiger partial charge is 0.143 e. The van der Waals surface area contributed by atoms with E-state index in [4.69, 9.17) is 5.26 Å². The van der Waals surface area contributed by atoms with Gasteiger partial charge in [0.2, 0.25) is 0 Å². The summed E-state index contributed by atoms with van der Waals surface area (Å²) in [6, 6.07) is 14.6. The van der Waals surface area contributed by atoms with Gasteiger partial charge >= 0.3 is 0 Å². The van der Waals surface area contributed by atoms with Crippen molar-refractivity contribution < 1.29 is 13.2 Å². The molecule has 136 valence electrons. The molecule has 3 nitrogen and oxygen atoms in total. The lowest BCUT2D eigenvalue weighted by Gasteiger charge is -1.99. The Balaban J connectivity index is 1.76. The van der Waals surface area contributed by atoms with Crippen LogP contribution < -0.4 is 0 Å². The van der Waals surface area contributed by atoms with E-state index in [0.717, 1.165) is 6.07 Å². The summed E-state index contributed by atoms with van der Waals surface area (Å²) in [5.41, 5.74) is 1.44. The molecule has 0 aliphatic heterocycles. The second-order valence-electron chi connectivity index (χ2n) is 5.88. The molecule has 0 bridgehead atoms. The van der Waals surface area contributed by atoms with Crippen LogP contribution in [0.1, 0.15) is 22.3 Å². The average Bonchev–Trinajstić information content (AvgIpc) is 2.66. The van der Waals surface area contributed by atoms with Gasteiger partial charge in [0, 0.05) is 11.6 Å². The van der Waals surface area contributed by atoms with E-state index in [9.17, 15) is 13.2 Å². The van der Waals surface area contributed by atoms with Crippen LogP contribution in [0.25, 0.3) is 0 Å². The Morgan fingerprint density at radius 3 is 1.96 bits per heavy atom. The molecule has 0 saturated carbocycles. The van der Waals surface area contributed by atoms with Gasteiger partial charge in [-0.1, -0.05) is 11.8 Å². The first kappa shape index (κ1) is 18.9. The number of nitrogens with zero attached hydrogens (tertiary/aromatic N) is 3. The second kappa shape index (κ2) is 8.20. The van der Waals surface area contributed by atoms with Crippen LogP contribution in [0, 0.1) is 47.5 Å². The van der Waals surface area contributed by atoms with Gasteiger partial charge in [0.1, 0.15) is 23.5 Å². The van der Waals surface area contributed by atoms with Crippen LogP contribution >= 0.6 is 0 Å². The third kappa shape index (κ3) is 4.44. The van der Waals surface area contributed by atoms with Gasteiger partial charge in [-0.05, 0) is 61.0 Å². The summed E-state index contributed by atoms with van der Waals surface area (Å²) in [6.07, 6.45) is 0. The molecule has 0 atom stereocenters. The zero-order chi connectivity index (χ0) is 20.1. The number of aryl methyl sites for hydroxylation is 1. The molecule has 0 unspecified atom stereocenters. The molecule has 0 saturated heterocycles. The van der Waals surface area contributed by atoms with Crippen molar-refractivity contribution in [3.05, 3.63) is 94.3 Å². The van der Waals surface area contributed by atoms with E-state index in [1.807, 2.05) is 0 Å². The van der Waals surface area contributed by atoms with Gasteiger partial charge in [0.05, 0.1) is 22.5 Å². The zero-order valence-electron chi connectivity index (χ0n) is 14.7. The lowest BCUT2D eigenvalue weighted by Crippen LogP contribution is -1.91. The Bertz CT molecular complexity index is 1140. The van der Waals surface area contributed by atoms with Crippen molar-refractivity contribution in [1.29, 1.82) is 5.26 Å². The predicted molar refractivity (Wildman–Crippen MR) is 98.8 cm³/mol. The molecule has 0 amide bonds. The highest BCUT2D eigenvalue weighted by Gasteiger charge is 2.07. The van der Waals surface area contributed by atoms with E-state index in [1.165, 1.54) is 24.3 Å². The number of nitriles is 1. The van der Waals surface area contributed by atoms with Crippen LogP contribution in [0.15, 0.2) is 64.8 Å². The van der Waals surface area contributed by atoms with Crippen molar-refractivity contribution in [2.24, 2.45) is 10.2 Å². The average molecular weight is 375 g/mol. The SMILES string of the molecule is Cc1cc(F)c(C#Cc2ccc(N=Nc3ccc(C#N)c(F)c3)cc2)c(F)c1. The lowest BCUT2D eigenvalue weighted by molar-refractivity contribution is 0.575. The minimum atomic E-state index is -0.704. The van der Waals surface area contributed by atoms with E-state index in [-0.39, 0.29) is 16.8 Å². The van der Waals surface area contributed by atoms with E-state index in [0.29, 0.717) is 16.8 Å². The minimum absolute atomic E-state index is 0.0664. The molecular formula is C22H12F3N3. The molecule has 0 aliphatic rings. The van der Waals surface area contributed by atoms with Crippen molar-refractivity contribution in [2.75, 3.05) is 0 Å². The molecule has 0 spiro atoms. The molecule has 28 heavy (non-hydrogen) atoms. The van der Waals surface area contributed by atoms with Crippen LogP contribution in [0.3, 0.4) is 0 Å². The number of azo groups is 1. The molecule has 3 aromatic carbocycles. The molecule has 3 rings (SSSR count). The van der Waals surface area contributed by atoms with E-state index >= 15 is 0 Å². The number of rotatable bonds is 2. The zero-order valence-corrected chi connectivity index (χ0v) is 14.7. The number of hydrogen-bond acceptors (Lipinski definition) is 3. The maximum Gasteiger partial charge on any atom is 0.143 e. The van der Waals surface area contributed by atoms with Crippen molar-refractivity contribution in [3.8, 4) is 17.9 Å². The Morgan fingerprint density at radius 2 is 1.36 bits per heavy atom. The van der Waals surface area contributed by atoms with Crippen molar-refractivity contribution >= 4 is 11.4 Å².